The van der Waals surface area contributed by atoms with Crippen molar-refractivity contribution in [3.8, 4) is 0 Å². The minimum Gasteiger partial charge on any atom is -0.347 e. The molecule has 0 saturated carbocycles. The molecule has 0 spiro atoms. The maximum Gasteiger partial charge on any atom is 0.220 e. The number of halogens is 1. The summed E-state index contributed by atoms with van der Waals surface area (Å²) in [6.45, 7) is 1.92. The van der Waals surface area contributed by atoms with E-state index in [1.165, 1.54) is 0 Å². The molecule has 84 valence electrons. The number of carbonyl (C=O) groups excluding carboxylic acids is 1. The van der Waals surface area contributed by atoms with E-state index in [0.717, 1.165) is 24.0 Å². The second kappa shape index (κ2) is 6.61. The van der Waals surface area contributed by atoms with Crippen LogP contribution >= 0.6 is 15.9 Å². The van der Waals surface area contributed by atoms with Crippen molar-refractivity contribution in [2.45, 2.75) is 32.2 Å². The van der Waals surface area contributed by atoms with Gasteiger partial charge in [0.1, 0.15) is 5.82 Å². The van der Waals surface area contributed by atoms with E-state index in [9.17, 15) is 4.79 Å². The number of rotatable bonds is 6. The Morgan fingerprint density at radius 3 is 3.07 bits per heavy atom. The van der Waals surface area contributed by atoms with Crippen molar-refractivity contribution in [2.24, 2.45) is 0 Å². The monoisotopic (exact) mass is 273 g/mol. The van der Waals surface area contributed by atoms with Crippen molar-refractivity contribution in [1.29, 1.82) is 0 Å². The minimum absolute atomic E-state index is 0.0449. The van der Waals surface area contributed by atoms with Gasteiger partial charge in [0.25, 0.3) is 0 Å². The van der Waals surface area contributed by atoms with Crippen LogP contribution in [0.3, 0.4) is 0 Å². The number of carbonyl (C=O) groups is 1. The van der Waals surface area contributed by atoms with Gasteiger partial charge >= 0.3 is 0 Å². The number of alkyl halides is 1. The highest BCUT2D eigenvalue weighted by Crippen LogP contribution is 2.06. The molecule has 1 amide bonds. The minimum atomic E-state index is -0.0449. The Morgan fingerprint density at radius 1 is 1.67 bits per heavy atom. The SMILES string of the molecule is CC(NC(=O)CCCCBr)c1ncc[nH]1. The Morgan fingerprint density at radius 2 is 2.47 bits per heavy atom. The van der Waals surface area contributed by atoms with Crippen molar-refractivity contribution in [3.05, 3.63) is 18.2 Å². The van der Waals surface area contributed by atoms with E-state index in [4.69, 9.17) is 0 Å². The fraction of sp³-hybridized carbons (Fsp3) is 0.600. The summed E-state index contributed by atoms with van der Waals surface area (Å²) in [5.41, 5.74) is 0. The summed E-state index contributed by atoms with van der Waals surface area (Å²) in [5.74, 6) is 0.878. The molecular formula is C10H16BrN3O. The first-order valence-corrected chi connectivity index (χ1v) is 6.20. The quantitative estimate of drug-likeness (QED) is 0.617. The number of aromatic nitrogens is 2. The van der Waals surface area contributed by atoms with Gasteiger partial charge in [0.05, 0.1) is 6.04 Å². The number of aromatic amines is 1. The Hall–Kier alpha value is -0.840. The first-order chi connectivity index (χ1) is 7.24. The number of H-pyrrole nitrogens is 1. The lowest BCUT2D eigenvalue weighted by molar-refractivity contribution is -0.121. The summed E-state index contributed by atoms with van der Waals surface area (Å²) in [6, 6.07) is -0.0449. The number of amides is 1. The van der Waals surface area contributed by atoms with Crippen LogP contribution in [-0.2, 0) is 4.79 Å². The molecule has 0 bridgehead atoms. The predicted molar refractivity (Wildman–Crippen MR) is 62.8 cm³/mol. The summed E-state index contributed by atoms with van der Waals surface area (Å²) in [4.78, 5) is 18.5. The van der Waals surface area contributed by atoms with Gasteiger partial charge in [-0.25, -0.2) is 4.98 Å². The lowest BCUT2D eigenvalue weighted by atomic mass is 10.2. The molecule has 0 aliphatic heterocycles. The van der Waals surface area contributed by atoms with Gasteiger partial charge in [-0.2, -0.15) is 0 Å². The smallest absolute Gasteiger partial charge is 0.220 e. The molecule has 4 nitrogen and oxygen atoms in total. The van der Waals surface area contributed by atoms with Gasteiger partial charge in [-0.05, 0) is 19.8 Å². The summed E-state index contributed by atoms with van der Waals surface area (Å²) < 4.78 is 0. The highest BCUT2D eigenvalue weighted by molar-refractivity contribution is 9.09. The van der Waals surface area contributed by atoms with E-state index in [1.54, 1.807) is 12.4 Å². The van der Waals surface area contributed by atoms with Crippen LogP contribution in [0.5, 0.6) is 0 Å². The third kappa shape index (κ3) is 4.46. The largest absolute Gasteiger partial charge is 0.347 e. The molecule has 0 saturated heterocycles. The van der Waals surface area contributed by atoms with Crippen LogP contribution in [0, 0.1) is 0 Å². The van der Waals surface area contributed by atoms with E-state index in [2.05, 4.69) is 31.2 Å². The third-order valence-electron chi connectivity index (χ3n) is 2.09. The Labute approximate surface area is 98.0 Å². The molecule has 0 aliphatic carbocycles. The van der Waals surface area contributed by atoms with E-state index in [1.807, 2.05) is 6.92 Å². The van der Waals surface area contributed by atoms with Crippen molar-refractivity contribution in [2.75, 3.05) is 5.33 Å². The normalized spacial score (nSPS) is 12.4. The molecule has 15 heavy (non-hydrogen) atoms. The predicted octanol–water partition coefficient (Wildman–Crippen LogP) is 2.15. The molecular weight excluding hydrogens is 258 g/mol. The Kier molecular flexibility index (Phi) is 5.39. The number of imidazole rings is 1. The summed E-state index contributed by atoms with van der Waals surface area (Å²) in [5, 5.41) is 3.85. The average Bonchev–Trinajstić information content (AvgIpc) is 2.70. The maximum absolute atomic E-state index is 11.5. The number of nitrogens with zero attached hydrogens (tertiary/aromatic N) is 1. The molecule has 1 aromatic rings. The van der Waals surface area contributed by atoms with E-state index in [-0.39, 0.29) is 11.9 Å². The van der Waals surface area contributed by atoms with Crippen LogP contribution in [0.2, 0.25) is 0 Å². The molecule has 1 aromatic heterocycles. The molecule has 1 rings (SSSR count). The number of unbranched alkanes of at least 4 members (excludes halogenated alkanes) is 1. The van der Waals surface area contributed by atoms with Crippen LogP contribution in [0.25, 0.3) is 0 Å². The second-order valence-corrected chi connectivity index (χ2v) is 4.20. The standard InChI is InChI=1S/C10H16BrN3O/c1-8(10-12-6-7-13-10)14-9(15)4-2-3-5-11/h6-8H,2-5H2,1H3,(H,12,13)(H,14,15). The van der Waals surface area contributed by atoms with Crippen molar-refractivity contribution in [3.63, 3.8) is 0 Å². The lowest BCUT2D eigenvalue weighted by Gasteiger charge is -2.10. The zero-order valence-electron chi connectivity index (χ0n) is 8.79. The molecule has 0 aliphatic rings. The zero-order chi connectivity index (χ0) is 11.1. The fourth-order valence-electron chi connectivity index (χ4n) is 1.28. The Balaban J connectivity index is 2.26. The van der Waals surface area contributed by atoms with Gasteiger partial charge < -0.3 is 10.3 Å². The summed E-state index contributed by atoms with van der Waals surface area (Å²) in [7, 11) is 0. The van der Waals surface area contributed by atoms with Crippen molar-refractivity contribution >= 4 is 21.8 Å². The van der Waals surface area contributed by atoms with E-state index in [0.29, 0.717) is 6.42 Å². The van der Waals surface area contributed by atoms with E-state index >= 15 is 0 Å². The van der Waals surface area contributed by atoms with E-state index < -0.39 is 0 Å². The third-order valence-corrected chi connectivity index (χ3v) is 2.66. The summed E-state index contributed by atoms with van der Waals surface area (Å²) in [6.07, 6.45) is 5.97. The van der Waals surface area contributed by atoms with Gasteiger partial charge in [0, 0.05) is 24.1 Å². The number of nitrogens with one attached hydrogen (secondary N) is 2. The van der Waals surface area contributed by atoms with Crippen LogP contribution in [0.15, 0.2) is 12.4 Å². The topological polar surface area (TPSA) is 57.8 Å². The van der Waals surface area contributed by atoms with Crippen molar-refractivity contribution in [1.82, 2.24) is 15.3 Å². The molecule has 1 unspecified atom stereocenters. The first-order valence-electron chi connectivity index (χ1n) is 5.08. The molecule has 0 radical (unpaired) electrons. The van der Waals surface area contributed by atoms with Crippen LogP contribution in [-0.4, -0.2) is 21.2 Å². The van der Waals surface area contributed by atoms with Crippen LogP contribution in [0.1, 0.15) is 38.1 Å². The average molecular weight is 274 g/mol. The molecule has 0 aromatic carbocycles. The first kappa shape index (κ1) is 12.2. The number of hydrogen-bond acceptors (Lipinski definition) is 2. The molecule has 1 heterocycles. The van der Waals surface area contributed by atoms with Crippen LogP contribution in [0.4, 0.5) is 0 Å². The van der Waals surface area contributed by atoms with Gasteiger partial charge in [0.2, 0.25) is 5.91 Å². The highest BCUT2D eigenvalue weighted by Gasteiger charge is 2.10. The summed E-state index contributed by atoms with van der Waals surface area (Å²) >= 11 is 3.34. The van der Waals surface area contributed by atoms with Gasteiger partial charge in [-0.3, -0.25) is 4.79 Å². The number of hydrogen-bond donors (Lipinski definition) is 2. The molecule has 1 atom stereocenters. The maximum atomic E-state index is 11.5. The van der Waals surface area contributed by atoms with Gasteiger partial charge in [0.15, 0.2) is 0 Å². The van der Waals surface area contributed by atoms with Crippen molar-refractivity contribution < 1.29 is 4.79 Å². The molecule has 5 heteroatoms. The zero-order valence-corrected chi connectivity index (χ0v) is 10.4. The van der Waals surface area contributed by atoms with Gasteiger partial charge in [-0.15, -0.1) is 0 Å². The molecule has 0 fully saturated rings. The fourth-order valence-corrected chi connectivity index (χ4v) is 1.67. The van der Waals surface area contributed by atoms with Crippen LogP contribution < -0.4 is 5.32 Å². The second-order valence-electron chi connectivity index (χ2n) is 3.41. The lowest BCUT2D eigenvalue weighted by Crippen LogP contribution is -2.27. The highest BCUT2D eigenvalue weighted by atomic mass is 79.9. The van der Waals surface area contributed by atoms with Gasteiger partial charge in [-0.1, -0.05) is 15.9 Å². The Bertz CT molecular complexity index is 287. The molecule has 2 N–H and O–H groups in total.